The number of ether oxygens (including phenoxy) is 2. The van der Waals surface area contributed by atoms with Gasteiger partial charge < -0.3 is 18.8 Å². The first kappa shape index (κ1) is 44.3. The van der Waals surface area contributed by atoms with Crippen molar-refractivity contribution >= 4 is 103 Å². The minimum Gasteiger partial charge on any atom is -0.465 e. The van der Waals surface area contributed by atoms with E-state index < -0.39 is 11.9 Å². The Balaban J connectivity index is 0.000000145. The third-order valence-corrected chi connectivity index (χ3v) is 11.8. The predicted molar refractivity (Wildman–Crippen MR) is 242 cm³/mol. The zero-order valence-electron chi connectivity index (χ0n) is 35.6. The van der Waals surface area contributed by atoms with Gasteiger partial charge in [0, 0.05) is 77.7 Å². The number of thioether (sulfide) groups is 2. The van der Waals surface area contributed by atoms with E-state index in [-0.39, 0.29) is 23.5 Å². The van der Waals surface area contributed by atoms with Crippen molar-refractivity contribution in [1.29, 1.82) is 0 Å². The lowest BCUT2D eigenvalue weighted by atomic mass is 9.82. The summed E-state index contributed by atoms with van der Waals surface area (Å²) in [5, 5.41) is 13.4. The molecule has 0 unspecified atom stereocenters. The fourth-order valence-corrected chi connectivity index (χ4v) is 7.39. The molecule has 16 nitrogen and oxygen atoms in total. The SMILES string of the molecule is COC(=O)c1ccc2c(c1)nc(-c1cnn(C)c1)c1nc(SC)ncc12.COC(=O)c1ccc2c(c1)nc(Cl)c1nc(SC)ncc12.Cn1cc(B2OC(C)(C)C(C)(C)O2)cn1. The fourth-order valence-electron chi connectivity index (χ4n) is 6.47. The molecule has 7 heterocycles. The molecule has 62 heavy (non-hydrogen) atoms. The second-order valence-corrected chi connectivity index (χ2v) is 16.9. The van der Waals surface area contributed by atoms with Crippen molar-refractivity contribution in [2.45, 2.75) is 49.2 Å². The lowest BCUT2D eigenvalue weighted by Crippen LogP contribution is -2.41. The number of aryl methyl sites for hydroxylation is 2. The van der Waals surface area contributed by atoms with E-state index >= 15 is 0 Å². The number of methoxy groups -OCH3 is 2. The van der Waals surface area contributed by atoms with E-state index in [4.69, 9.17) is 35.4 Å². The molecule has 0 radical (unpaired) electrons. The van der Waals surface area contributed by atoms with Crippen LogP contribution in [0, 0.1) is 0 Å². The van der Waals surface area contributed by atoms with Crippen LogP contribution >= 0.6 is 35.1 Å². The Morgan fingerprint density at radius 3 is 1.66 bits per heavy atom. The first-order valence-electron chi connectivity index (χ1n) is 19.0. The van der Waals surface area contributed by atoms with Gasteiger partial charge in [0.15, 0.2) is 15.5 Å². The quantitative estimate of drug-likeness (QED) is 0.0409. The van der Waals surface area contributed by atoms with Crippen LogP contribution in [0.4, 0.5) is 0 Å². The number of hydrogen-bond acceptors (Lipinski definition) is 16. The van der Waals surface area contributed by atoms with Gasteiger partial charge in [-0.2, -0.15) is 10.2 Å². The van der Waals surface area contributed by atoms with Crippen LogP contribution in [0.2, 0.25) is 5.15 Å². The van der Waals surface area contributed by atoms with E-state index in [9.17, 15) is 9.59 Å². The summed E-state index contributed by atoms with van der Waals surface area (Å²) >= 11 is 9.12. The Hall–Kier alpha value is -5.73. The first-order valence-corrected chi connectivity index (χ1v) is 21.8. The Morgan fingerprint density at radius 2 is 1.18 bits per heavy atom. The van der Waals surface area contributed by atoms with E-state index in [2.05, 4.69) is 35.1 Å². The number of fused-ring (bicyclic) bond motifs is 6. The van der Waals surface area contributed by atoms with Crippen LogP contribution in [0.3, 0.4) is 0 Å². The number of hydrogen-bond donors (Lipinski definition) is 0. The van der Waals surface area contributed by atoms with Crippen LogP contribution < -0.4 is 5.46 Å². The third-order valence-electron chi connectivity index (χ3n) is 10.4. The van der Waals surface area contributed by atoms with Crippen LogP contribution in [0.5, 0.6) is 0 Å². The molecule has 318 valence electrons. The fraction of sp³-hybridized carbons (Fsp3) is 0.286. The lowest BCUT2D eigenvalue weighted by Gasteiger charge is -2.32. The van der Waals surface area contributed by atoms with Gasteiger partial charge in [0.05, 0.1) is 53.8 Å². The molecule has 1 fully saturated rings. The second-order valence-electron chi connectivity index (χ2n) is 15.0. The zero-order chi connectivity index (χ0) is 44.5. The molecule has 0 N–H and O–H groups in total. The van der Waals surface area contributed by atoms with Gasteiger partial charge in [-0.25, -0.2) is 39.5 Å². The molecule has 0 aliphatic carbocycles. The monoisotopic (exact) mass is 892 g/mol. The number of carbonyl (C=O) groups excluding carboxylic acids is 2. The molecule has 6 aromatic heterocycles. The maximum Gasteiger partial charge on any atom is 0.498 e. The third kappa shape index (κ3) is 8.94. The molecule has 0 saturated carbocycles. The second kappa shape index (κ2) is 17.9. The summed E-state index contributed by atoms with van der Waals surface area (Å²) in [6, 6.07) is 10.4. The van der Waals surface area contributed by atoms with E-state index in [0.29, 0.717) is 43.7 Å². The molecule has 0 atom stereocenters. The van der Waals surface area contributed by atoms with Crippen molar-refractivity contribution in [1.82, 2.24) is 49.5 Å². The Labute approximate surface area is 370 Å². The molecule has 1 aliphatic heterocycles. The van der Waals surface area contributed by atoms with Gasteiger partial charge in [0.25, 0.3) is 0 Å². The van der Waals surface area contributed by atoms with Gasteiger partial charge in [0.1, 0.15) is 16.7 Å². The predicted octanol–water partition coefficient (Wildman–Crippen LogP) is 7.15. The number of carbonyl (C=O) groups is 2. The highest BCUT2D eigenvalue weighted by Gasteiger charge is 2.52. The first-order chi connectivity index (χ1) is 29.6. The van der Waals surface area contributed by atoms with Crippen molar-refractivity contribution in [3.8, 4) is 11.3 Å². The highest BCUT2D eigenvalue weighted by atomic mass is 35.5. The minimum absolute atomic E-state index is 0.284. The molecule has 2 aromatic carbocycles. The molecule has 0 amide bonds. The van der Waals surface area contributed by atoms with Crippen molar-refractivity contribution in [2.24, 2.45) is 14.1 Å². The molecule has 20 heteroatoms. The summed E-state index contributed by atoms with van der Waals surface area (Å²) in [4.78, 5) is 50.3. The van der Waals surface area contributed by atoms with Gasteiger partial charge in [0.2, 0.25) is 0 Å². The Kier molecular flexibility index (Phi) is 12.8. The Bertz CT molecular complexity index is 2980. The molecule has 1 saturated heterocycles. The van der Waals surface area contributed by atoms with Crippen molar-refractivity contribution < 1.29 is 28.4 Å². The largest absolute Gasteiger partial charge is 0.498 e. The van der Waals surface area contributed by atoms with E-state index in [1.165, 1.54) is 37.7 Å². The maximum atomic E-state index is 11.9. The number of pyridine rings is 2. The maximum absolute atomic E-state index is 11.9. The minimum atomic E-state index is -0.413. The number of esters is 2. The number of nitrogens with zero attached hydrogens (tertiary/aromatic N) is 10. The highest BCUT2D eigenvalue weighted by molar-refractivity contribution is 7.98. The van der Waals surface area contributed by atoms with Crippen LogP contribution in [0.25, 0.3) is 54.9 Å². The summed E-state index contributed by atoms with van der Waals surface area (Å²) in [5.74, 6) is -0.811. The topological polar surface area (TPSA) is 184 Å². The summed E-state index contributed by atoms with van der Waals surface area (Å²) in [5.41, 5.74) is 5.49. The van der Waals surface area contributed by atoms with Crippen LogP contribution in [-0.2, 0) is 32.9 Å². The average Bonchev–Trinajstić information content (AvgIpc) is 3.97. The molecular formula is C42H42BClN10O6S2. The van der Waals surface area contributed by atoms with E-state index in [1.807, 2.05) is 72.8 Å². The van der Waals surface area contributed by atoms with Crippen molar-refractivity contribution in [2.75, 3.05) is 26.7 Å². The molecule has 1 aliphatic rings. The van der Waals surface area contributed by atoms with E-state index in [0.717, 1.165) is 38.1 Å². The summed E-state index contributed by atoms with van der Waals surface area (Å²) < 4.78 is 24.8. The molecule has 0 spiro atoms. The van der Waals surface area contributed by atoms with Gasteiger partial charge in [-0.1, -0.05) is 47.3 Å². The average molecular weight is 893 g/mol. The van der Waals surface area contributed by atoms with Crippen LogP contribution in [0.1, 0.15) is 48.4 Å². The smallest absolute Gasteiger partial charge is 0.465 e. The summed E-state index contributed by atoms with van der Waals surface area (Å²) in [6.07, 6.45) is 14.7. The Morgan fingerprint density at radius 1 is 0.677 bits per heavy atom. The van der Waals surface area contributed by atoms with Gasteiger partial charge in [-0.3, -0.25) is 9.36 Å². The number of halogens is 1. The number of aromatic nitrogens is 10. The highest BCUT2D eigenvalue weighted by Crippen LogP contribution is 2.37. The molecule has 8 aromatic rings. The van der Waals surface area contributed by atoms with Gasteiger partial charge in [-0.15, -0.1) is 0 Å². The van der Waals surface area contributed by atoms with Crippen LogP contribution in [0.15, 0.2) is 83.9 Å². The molecule has 0 bridgehead atoms. The molecule has 9 rings (SSSR count). The van der Waals surface area contributed by atoms with Crippen molar-refractivity contribution in [3.63, 3.8) is 0 Å². The number of rotatable bonds is 6. The van der Waals surface area contributed by atoms with Crippen molar-refractivity contribution in [3.05, 3.63) is 89.9 Å². The standard InChI is InChI=1S/C18H15N5O2S.C14H10ClN3O2S.C10H17BN2O2/c1-23-9-11(7-20-23)15-16-13(8-19-18(22-16)26-3)12-5-4-10(17(24)25-2)6-14(12)21-15;1-20-13(19)7-3-4-8-9-6-16-14(21-2)18-11(9)12(15)17-10(8)5-7;1-9(2)10(3,4)15-11(14-9)8-6-12-13(5)7-8/h4-9H,1-3H3;3-6H,1-2H3;6-7H,1-5H3. The molecular weight excluding hydrogens is 851 g/mol. The van der Waals surface area contributed by atoms with Gasteiger partial charge in [-0.05, 0) is 64.5 Å². The van der Waals surface area contributed by atoms with Gasteiger partial charge >= 0.3 is 19.1 Å². The summed E-state index contributed by atoms with van der Waals surface area (Å²) in [6.45, 7) is 8.18. The number of benzene rings is 2. The van der Waals surface area contributed by atoms with Crippen LogP contribution in [-0.4, -0.2) is 106 Å². The normalized spacial score (nSPS) is 14.1. The summed E-state index contributed by atoms with van der Waals surface area (Å²) in [7, 11) is 6.13. The zero-order valence-corrected chi connectivity index (χ0v) is 38.0. The lowest BCUT2D eigenvalue weighted by molar-refractivity contribution is 0.00578. The van der Waals surface area contributed by atoms with E-state index in [1.54, 1.807) is 64.5 Å².